The number of nitrogens with zero attached hydrogens (tertiary/aromatic N) is 3. The smallest absolute Gasteiger partial charge is 0.356 e. The number of likely N-dealkylation sites (tertiary alicyclic amines) is 1. The van der Waals surface area contributed by atoms with E-state index in [4.69, 9.17) is 0 Å². The zero-order chi connectivity index (χ0) is 18.8. The number of nitrogens with one attached hydrogen (secondary N) is 1. The first kappa shape index (κ1) is 19.3. The molecule has 0 aromatic carbocycles. The Balaban J connectivity index is 2.06. The van der Waals surface area contributed by atoms with Gasteiger partial charge in [0.1, 0.15) is 0 Å². The molecule has 0 radical (unpaired) electrons. The number of hydrogen-bond acceptors (Lipinski definition) is 3. The van der Waals surface area contributed by atoms with Crippen molar-refractivity contribution in [3.63, 3.8) is 0 Å². The lowest BCUT2D eigenvalue weighted by atomic mass is 9.98. The average molecular weight is 360 g/mol. The molecule has 1 aliphatic rings. The van der Waals surface area contributed by atoms with Crippen molar-refractivity contribution in [2.24, 2.45) is 18.9 Å². The average Bonchev–Trinajstić information content (AvgIpc) is 3.04. The summed E-state index contributed by atoms with van der Waals surface area (Å²) in [5, 5.41) is 6.77. The highest BCUT2D eigenvalue weighted by Crippen LogP contribution is 2.26. The first-order chi connectivity index (χ1) is 11.6. The highest BCUT2D eigenvalue weighted by molar-refractivity contribution is 5.95. The van der Waals surface area contributed by atoms with Crippen LogP contribution in [0.3, 0.4) is 0 Å². The Kier molecular flexibility index (Phi) is 5.74. The van der Waals surface area contributed by atoms with E-state index in [0.717, 1.165) is 0 Å². The van der Waals surface area contributed by atoms with Crippen LogP contribution < -0.4 is 5.32 Å². The van der Waals surface area contributed by atoms with Gasteiger partial charge in [-0.2, -0.15) is 18.3 Å². The lowest BCUT2D eigenvalue weighted by Crippen LogP contribution is -2.32. The van der Waals surface area contributed by atoms with Crippen molar-refractivity contribution in [3.8, 4) is 0 Å². The van der Waals surface area contributed by atoms with E-state index in [-0.39, 0.29) is 41.3 Å². The summed E-state index contributed by atoms with van der Waals surface area (Å²) in [5.74, 6) is -0.102. The van der Waals surface area contributed by atoms with E-state index in [1.807, 2.05) is 6.92 Å². The van der Waals surface area contributed by atoms with Gasteiger partial charge in [0.2, 0.25) is 5.91 Å². The predicted octanol–water partition coefficient (Wildman–Crippen LogP) is 1.76. The van der Waals surface area contributed by atoms with Crippen molar-refractivity contribution in [2.75, 3.05) is 19.6 Å². The number of amides is 2. The summed E-state index contributed by atoms with van der Waals surface area (Å²) in [5.41, 5.74) is 0.391. The maximum absolute atomic E-state index is 12.7. The molecule has 1 aromatic heterocycles. The summed E-state index contributed by atoms with van der Waals surface area (Å²) in [6.45, 7) is 4.89. The Morgan fingerprint density at radius 2 is 2.04 bits per heavy atom. The highest BCUT2D eigenvalue weighted by Gasteiger charge is 2.35. The molecule has 0 spiro atoms. The third-order valence-electron chi connectivity index (χ3n) is 4.45. The Hall–Kier alpha value is -2.06. The second-order valence-electron chi connectivity index (χ2n) is 6.66. The van der Waals surface area contributed by atoms with Crippen LogP contribution >= 0.6 is 0 Å². The topological polar surface area (TPSA) is 67.2 Å². The summed E-state index contributed by atoms with van der Waals surface area (Å²) in [7, 11) is 1.58. The summed E-state index contributed by atoms with van der Waals surface area (Å²) < 4.78 is 38.8. The normalized spacial score (nSPS) is 20.8. The number of carbonyl (C=O) groups is 2. The SMILES string of the molecule is CC(=O)NC[C@@H]1CN(C(=O)c2cn(C)nc2CCC(F)(F)F)C[C@H]1C. The molecule has 25 heavy (non-hydrogen) atoms. The fourth-order valence-electron chi connectivity index (χ4n) is 3.07. The van der Waals surface area contributed by atoms with E-state index in [9.17, 15) is 22.8 Å². The van der Waals surface area contributed by atoms with Crippen molar-refractivity contribution in [1.29, 1.82) is 0 Å². The van der Waals surface area contributed by atoms with Crippen molar-refractivity contribution < 1.29 is 22.8 Å². The molecule has 1 saturated heterocycles. The summed E-state index contributed by atoms with van der Waals surface area (Å²) in [4.78, 5) is 25.4. The minimum absolute atomic E-state index is 0.126. The zero-order valence-electron chi connectivity index (χ0n) is 14.6. The van der Waals surface area contributed by atoms with Gasteiger partial charge in [0.25, 0.3) is 5.91 Å². The van der Waals surface area contributed by atoms with Crippen LogP contribution in [-0.4, -0.2) is 52.3 Å². The van der Waals surface area contributed by atoms with Gasteiger partial charge in [0, 0.05) is 52.6 Å². The minimum atomic E-state index is -4.29. The van der Waals surface area contributed by atoms with Gasteiger partial charge in [-0.1, -0.05) is 6.92 Å². The van der Waals surface area contributed by atoms with Crippen molar-refractivity contribution in [1.82, 2.24) is 20.0 Å². The van der Waals surface area contributed by atoms with Crippen LogP contribution in [0.25, 0.3) is 0 Å². The van der Waals surface area contributed by atoms with E-state index in [1.165, 1.54) is 17.8 Å². The third-order valence-corrected chi connectivity index (χ3v) is 4.45. The van der Waals surface area contributed by atoms with Crippen molar-refractivity contribution in [2.45, 2.75) is 32.9 Å². The van der Waals surface area contributed by atoms with Crippen LogP contribution in [0.2, 0.25) is 0 Å². The molecule has 0 aliphatic carbocycles. The Bertz CT molecular complexity index is 642. The minimum Gasteiger partial charge on any atom is -0.356 e. The molecule has 1 N–H and O–H groups in total. The van der Waals surface area contributed by atoms with E-state index < -0.39 is 12.6 Å². The van der Waals surface area contributed by atoms with Crippen LogP contribution in [0.5, 0.6) is 0 Å². The van der Waals surface area contributed by atoms with Crippen LogP contribution in [0.1, 0.15) is 36.3 Å². The van der Waals surface area contributed by atoms with Crippen LogP contribution in [-0.2, 0) is 18.3 Å². The number of carbonyl (C=O) groups excluding carboxylic acids is 2. The lowest BCUT2D eigenvalue weighted by Gasteiger charge is -2.16. The van der Waals surface area contributed by atoms with E-state index in [2.05, 4.69) is 10.4 Å². The maximum Gasteiger partial charge on any atom is 0.389 e. The molecule has 0 saturated carbocycles. The fourth-order valence-corrected chi connectivity index (χ4v) is 3.07. The molecule has 1 fully saturated rings. The second kappa shape index (κ2) is 7.45. The maximum atomic E-state index is 12.7. The number of hydrogen-bond donors (Lipinski definition) is 1. The summed E-state index contributed by atoms with van der Waals surface area (Å²) in [6.07, 6.45) is -4.14. The molecule has 9 heteroatoms. The molecular formula is C16H23F3N4O2. The second-order valence-corrected chi connectivity index (χ2v) is 6.66. The van der Waals surface area contributed by atoms with Crippen molar-refractivity contribution in [3.05, 3.63) is 17.5 Å². The number of halogens is 3. The molecule has 2 atom stereocenters. The molecule has 0 bridgehead atoms. The molecule has 6 nitrogen and oxygen atoms in total. The Morgan fingerprint density at radius 3 is 2.64 bits per heavy atom. The third kappa shape index (κ3) is 5.20. The first-order valence-corrected chi connectivity index (χ1v) is 8.20. The molecular weight excluding hydrogens is 337 g/mol. The first-order valence-electron chi connectivity index (χ1n) is 8.20. The quantitative estimate of drug-likeness (QED) is 0.870. The predicted molar refractivity (Wildman–Crippen MR) is 84.8 cm³/mol. The number of alkyl halides is 3. The van der Waals surface area contributed by atoms with E-state index in [0.29, 0.717) is 19.6 Å². The number of rotatable bonds is 5. The van der Waals surface area contributed by atoms with Gasteiger partial charge in [-0.05, 0) is 11.8 Å². The van der Waals surface area contributed by atoms with Gasteiger partial charge in [0.05, 0.1) is 11.3 Å². The Labute approximate surface area is 144 Å². The molecule has 1 aromatic rings. The molecule has 2 heterocycles. The van der Waals surface area contributed by atoms with Crippen LogP contribution in [0, 0.1) is 11.8 Å². The summed E-state index contributed by atoms with van der Waals surface area (Å²) in [6, 6.07) is 0. The largest absolute Gasteiger partial charge is 0.389 e. The molecule has 0 unspecified atom stereocenters. The van der Waals surface area contributed by atoms with Gasteiger partial charge in [-0.25, -0.2) is 0 Å². The lowest BCUT2D eigenvalue weighted by molar-refractivity contribution is -0.134. The number of aryl methyl sites for hydroxylation is 2. The van der Waals surface area contributed by atoms with Crippen LogP contribution in [0.15, 0.2) is 6.20 Å². The van der Waals surface area contributed by atoms with Gasteiger partial charge < -0.3 is 10.2 Å². The van der Waals surface area contributed by atoms with Crippen LogP contribution in [0.4, 0.5) is 13.2 Å². The molecule has 2 rings (SSSR count). The fraction of sp³-hybridized carbons (Fsp3) is 0.688. The zero-order valence-corrected chi connectivity index (χ0v) is 14.6. The van der Waals surface area contributed by atoms with Gasteiger partial charge in [-0.15, -0.1) is 0 Å². The van der Waals surface area contributed by atoms with Gasteiger partial charge in [-0.3, -0.25) is 14.3 Å². The summed E-state index contributed by atoms with van der Waals surface area (Å²) >= 11 is 0. The highest BCUT2D eigenvalue weighted by atomic mass is 19.4. The van der Waals surface area contributed by atoms with E-state index in [1.54, 1.807) is 11.9 Å². The molecule has 2 amide bonds. The molecule has 140 valence electrons. The number of aromatic nitrogens is 2. The molecule has 1 aliphatic heterocycles. The Morgan fingerprint density at radius 1 is 1.36 bits per heavy atom. The monoisotopic (exact) mass is 360 g/mol. The van der Waals surface area contributed by atoms with Gasteiger partial charge in [0.15, 0.2) is 0 Å². The van der Waals surface area contributed by atoms with Crippen molar-refractivity contribution >= 4 is 11.8 Å². The van der Waals surface area contributed by atoms with Gasteiger partial charge >= 0.3 is 6.18 Å². The van der Waals surface area contributed by atoms with E-state index >= 15 is 0 Å². The standard InChI is InChI=1S/C16H23F3N4O2/c1-10-7-23(8-12(10)6-20-11(2)24)15(25)13-9-22(3)21-14(13)4-5-16(17,18)19/h9-10,12H,4-8H2,1-3H3,(H,20,24)/t10-,12-/m1/s1.